The third-order valence-electron chi connectivity index (χ3n) is 5.64. The molecule has 1 aromatic heterocycles. The third kappa shape index (κ3) is 5.29. The van der Waals surface area contributed by atoms with Crippen LogP contribution in [0.25, 0.3) is 10.8 Å². The first-order chi connectivity index (χ1) is 14.9. The van der Waals surface area contributed by atoms with E-state index in [1.54, 1.807) is 31.2 Å². The Bertz CT molecular complexity index is 1070. The molecular formula is C23H28N4O4. The van der Waals surface area contributed by atoms with Gasteiger partial charge in [-0.1, -0.05) is 44.4 Å². The van der Waals surface area contributed by atoms with Crippen LogP contribution in [0.5, 0.6) is 0 Å². The number of nitrogens with one attached hydrogen (secondary N) is 1. The van der Waals surface area contributed by atoms with Crippen molar-refractivity contribution in [2.75, 3.05) is 6.61 Å². The average molecular weight is 425 g/mol. The molecule has 1 saturated carbocycles. The Kier molecular flexibility index (Phi) is 7.06. The van der Waals surface area contributed by atoms with Crippen molar-refractivity contribution in [2.24, 2.45) is 5.92 Å². The highest BCUT2D eigenvalue weighted by Gasteiger charge is 2.43. The SMILES string of the molecule is CCCCCCn1nc(C(=O)OCC(=O)N[C@](C)(C#N)C2CC2)c2ccccc2c1=O. The van der Waals surface area contributed by atoms with Crippen molar-refractivity contribution < 1.29 is 14.3 Å². The van der Waals surface area contributed by atoms with Gasteiger partial charge in [-0.25, -0.2) is 9.48 Å². The quantitative estimate of drug-likeness (QED) is 0.463. The van der Waals surface area contributed by atoms with E-state index in [0.717, 1.165) is 38.5 Å². The predicted molar refractivity (Wildman–Crippen MR) is 115 cm³/mol. The lowest BCUT2D eigenvalue weighted by molar-refractivity contribution is -0.125. The van der Waals surface area contributed by atoms with Crippen molar-refractivity contribution in [1.82, 2.24) is 15.1 Å². The summed E-state index contributed by atoms with van der Waals surface area (Å²) < 4.78 is 6.49. The monoisotopic (exact) mass is 424 g/mol. The number of hydrogen-bond acceptors (Lipinski definition) is 6. The number of rotatable bonds is 10. The fraction of sp³-hybridized carbons (Fsp3) is 0.522. The summed E-state index contributed by atoms with van der Waals surface area (Å²) in [5.74, 6) is -1.20. The van der Waals surface area contributed by atoms with E-state index in [9.17, 15) is 19.6 Å². The van der Waals surface area contributed by atoms with E-state index in [1.807, 2.05) is 0 Å². The molecule has 8 heteroatoms. The Morgan fingerprint density at radius 3 is 2.61 bits per heavy atom. The average Bonchev–Trinajstić information content (AvgIpc) is 3.62. The first-order valence-electron chi connectivity index (χ1n) is 10.8. The zero-order chi connectivity index (χ0) is 22.4. The summed E-state index contributed by atoms with van der Waals surface area (Å²) in [4.78, 5) is 37.7. The maximum absolute atomic E-state index is 12.7. The fourth-order valence-electron chi connectivity index (χ4n) is 3.63. The molecule has 1 atom stereocenters. The number of unbranched alkanes of at least 4 members (excludes halogenated alkanes) is 3. The first-order valence-corrected chi connectivity index (χ1v) is 10.8. The summed E-state index contributed by atoms with van der Waals surface area (Å²) in [5.41, 5.74) is -1.21. The molecule has 2 aromatic rings. The molecular weight excluding hydrogens is 396 g/mol. The highest BCUT2D eigenvalue weighted by atomic mass is 16.5. The summed E-state index contributed by atoms with van der Waals surface area (Å²) in [6.07, 6.45) is 5.67. The van der Waals surface area contributed by atoms with Gasteiger partial charge in [0.1, 0.15) is 5.54 Å². The molecule has 0 bridgehead atoms. The number of nitrogens with zero attached hydrogens (tertiary/aromatic N) is 3. The van der Waals surface area contributed by atoms with Gasteiger partial charge < -0.3 is 10.1 Å². The molecule has 1 heterocycles. The standard InChI is InChI=1S/C23H28N4O4/c1-3-4-5-8-13-27-21(29)18-10-7-6-9-17(18)20(26-27)22(30)31-14-19(28)25-23(2,15-24)16-11-12-16/h6-7,9-10,16H,3-5,8,11-14H2,1-2H3,(H,25,28)/t23-/m1/s1. The minimum atomic E-state index is -0.958. The molecule has 1 aliphatic rings. The van der Waals surface area contributed by atoms with Crippen molar-refractivity contribution in [3.8, 4) is 6.07 Å². The van der Waals surface area contributed by atoms with E-state index < -0.39 is 24.0 Å². The van der Waals surface area contributed by atoms with Crippen LogP contribution in [0.1, 0.15) is 62.9 Å². The Labute approximate surface area is 181 Å². The number of amides is 1. The predicted octanol–water partition coefficient (Wildman–Crippen LogP) is 2.94. The number of ether oxygens (including phenoxy) is 1. The van der Waals surface area contributed by atoms with Crippen LogP contribution in [-0.2, 0) is 16.1 Å². The van der Waals surface area contributed by atoms with Crippen LogP contribution in [0.4, 0.5) is 0 Å². The second-order valence-electron chi connectivity index (χ2n) is 8.20. The highest BCUT2D eigenvalue weighted by molar-refractivity contribution is 6.02. The van der Waals surface area contributed by atoms with E-state index >= 15 is 0 Å². The minimum absolute atomic E-state index is 0.00345. The number of benzene rings is 1. The van der Waals surface area contributed by atoms with Gasteiger partial charge in [-0.3, -0.25) is 9.59 Å². The number of nitriles is 1. The Balaban J connectivity index is 1.75. The van der Waals surface area contributed by atoms with Crippen LogP contribution in [-0.4, -0.2) is 33.8 Å². The van der Waals surface area contributed by atoms with Crippen LogP contribution in [0.15, 0.2) is 29.1 Å². The van der Waals surface area contributed by atoms with Gasteiger partial charge in [-0.05, 0) is 38.2 Å². The van der Waals surface area contributed by atoms with Gasteiger partial charge in [0.25, 0.3) is 11.5 Å². The molecule has 1 fully saturated rings. The van der Waals surface area contributed by atoms with Crippen LogP contribution in [0.2, 0.25) is 0 Å². The molecule has 164 valence electrons. The summed E-state index contributed by atoms with van der Waals surface area (Å²) >= 11 is 0. The molecule has 0 spiro atoms. The highest BCUT2D eigenvalue weighted by Crippen LogP contribution is 2.39. The Hall–Kier alpha value is -3.21. The van der Waals surface area contributed by atoms with Crippen LogP contribution in [0, 0.1) is 17.2 Å². The normalized spacial score (nSPS) is 15.1. The maximum Gasteiger partial charge on any atom is 0.359 e. The topological polar surface area (TPSA) is 114 Å². The van der Waals surface area contributed by atoms with Crippen LogP contribution < -0.4 is 10.9 Å². The van der Waals surface area contributed by atoms with E-state index in [2.05, 4.69) is 23.4 Å². The molecule has 0 radical (unpaired) electrons. The van der Waals surface area contributed by atoms with Crippen LogP contribution >= 0.6 is 0 Å². The van der Waals surface area contributed by atoms with Crippen molar-refractivity contribution in [3.63, 3.8) is 0 Å². The maximum atomic E-state index is 12.7. The number of fused-ring (bicyclic) bond motifs is 1. The van der Waals surface area contributed by atoms with Gasteiger partial charge in [-0.15, -0.1) is 0 Å². The summed E-state index contributed by atoms with van der Waals surface area (Å²) in [7, 11) is 0. The Morgan fingerprint density at radius 2 is 1.97 bits per heavy atom. The number of aromatic nitrogens is 2. The third-order valence-corrected chi connectivity index (χ3v) is 5.64. The van der Waals surface area contributed by atoms with E-state index in [0.29, 0.717) is 17.3 Å². The van der Waals surface area contributed by atoms with Gasteiger partial charge in [-0.2, -0.15) is 10.4 Å². The molecule has 1 aliphatic carbocycles. The molecule has 0 aliphatic heterocycles. The number of aryl methyl sites for hydroxylation is 1. The summed E-state index contributed by atoms with van der Waals surface area (Å²) in [6.45, 7) is 3.67. The van der Waals surface area contributed by atoms with Gasteiger partial charge in [0.15, 0.2) is 12.3 Å². The zero-order valence-electron chi connectivity index (χ0n) is 18.0. The number of carbonyl (C=O) groups excluding carboxylic acids is 2. The first kappa shape index (κ1) is 22.5. The second-order valence-corrected chi connectivity index (χ2v) is 8.20. The number of esters is 1. The fourth-order valence-corrected chi connectivity index (χ4v) is 3.63. The van der Waals surface area contributed by atoms with E-state index in [-0.39, 0.29) is 17.2 Å². The zero-order valence-corrected chi connectivity index (χ0v) is 18.0. The van der Waals surface area contributed by atoms with E-state index in [1.165, 1.54) is 4.68 Å². The van der Waals surface area contributed by atoms with Gasteiger partial charge in [0, 0.05) is 11.9 Å². The van der Waals surface area contributed by atoms with Crippen molar-refractivity contribution >= 4 is 22.6 Å². The van der Waals surface area contributed by atoms with Crippen molar-refractivity contribution in [1.29, 1.82) is 5.26 Å². The van der Waals surface area contributed by atoms with Gasteiger partial charge in [0.2, 0.25) is 0 Å². The minimum Gasteiger partial charge on any atom is -0.451 e. The van der Waals surface area contributed by atoms with E-state index in [4.69, 9.17) is 4.74 Å². The molecule has 8 nitrogen and oxygen atoms in total. The largest absolute Gasteiger partial charge is 0.451 e. The number of carbonyl (C=O) groups is 2. The van der Waals surface area contributed by atoms with Crippen LogP contribution in [0.3, 0.4) is 0 Å². The summed E-state index contributed by atoms with van der Waals surface area (Å²) in [6, 6.07) is 8.87. The molecule has 1 aromatic carbocycles. The van der Waals surface area contributed by atoms with Crippen molar-refractivity contribution in [3.05, 3.63) is 40.3 Å². The molecule has 0 saturated heterocycles. The number of hydrogen-bond donors (Lipinski definition) is 1. The molecule has 3 rings (SSSR count). The molecule has 0 unspecified atom stereocenters. The van der Waals surface area contributed by atoms with Gasteiger partial charge >= 0.3 is 5.97 Å². The van der Waals surface area contributed by atoms with Crippen molar-refractivity contribution in [2.45, 2.75) is 64.5 Å². The molecule has 31 heavy (non-hydrogen) atoms. The second kappa shape index (κ2) is 9.73. The summed E-state index contributed by atoms with van der Waals surface area (Å²) in [5, 5.41) is 17.0. The molecule has 1 N–H and O–H groups in total. The Morgan fingerprint density at radius 1 is 1.26 bits per heavy atom. The molecule has 1 amide bonds. The van der Waals surface area contributed by atoms with Gasteiger partial charge in [0.05, 0.1) is 11.5 Å². The smallest absolute Gasteiger partial charge is 0.359 e. The lowest BCUT2D eigenvalue weighted by Gasteiger charge is -2.22. The lowest BCUT2D eigenvalue weighted by atomic mass is 9.98. The lowest BCUT2D eigenvalue weighted by Crippen LogP contribution is -2.48.